The minimum atomic E-state index is -4.64. The van der Waals surface area contributed by atoms with Gasteiger partial charge in [-0.2, -0.15) is 0 Å². The first-order valence-corrected chi connectivity index (χ1v) is 10.5. The Balaban J connectivity index is 0.000000575. The first-order chi connectivity index (χ1) is 14.2. The van der Waals surface area contributed by atoms with Gasteiger partial charge in [-0.05, 0) is 42.3 Å². The van der Waals surface area contributed by atoms with E-state index in [9.17, 15) is 4.79 Å². The van der Waals surface area contributed by atoms with E-state index < -0.39 is 13.8 Å². The Hall–Kier alpha value is -2.97. The van der Waals surface area contributed by atoms with Gasteiger partial charge in [0.1, 0.15) is 17.1 Å². The fourth-order valence-electron chi connectivity index (χ4n) is 2.48. The van der Waals surface area contributed by atoms with Crippen LogP contribution in [0.3, 0.4) is 0 Å². The Morgan fingerprint density at radius 3 is 2.40 bits per heavy atom. The van der Waals surface area contributed by atoms with Crippen molar-refractivity contribution in [2.45, 2.75) is 13.3 Å². The van der Waals surface area contributed by atoms with E-state index in [2.05, 4.69) is 16.9 Å². The highest BCUT2D eigenvalue weighted by atomic mass is 31.2. The van der Waals surface area contributed by atoms with Crippen LogP contribution in [-0.4, -0.2) is 44.3 Å². The first kappa shape index (κ1) is 23.3. The van der Waals surface area contributed by atoms with Gasteiger partial charge < -0.3 is 29.1 Å². The zero-order valence-electron chi connectivity index (χ0n) is 16.5. The fourth-order valence-corrected chi connectivity index (χ4v) is 2.48. The lowest BCUT2D eigenvalue weighted by molar-refractivity contribution is 0.0602. The predicted molar refractivity (Wildman–Crippen MR) is 113 cm³/mol. The van der Waals surface area contributed by atoms with E-state index in [0.717, 1.165) is 29.9 Å². The third-order valence-electron chi connectivity index (χ3n) is 3.72. The van der Waals surface area contributed by atoms with Crippen molar-refractivity contribution in [1.82, 2.24) is 9.97 Å². The maximum absolute atomic E-state index is 11.8. The van der Waals surface area contributed by atoms with Crippen LogP contribution in [0, 0.1) is 0 Å². The molecule has 3 rings (SSSR count). The van der Waals surface area contributed by atoms with Crippen LogP contribution < -0.4 is 4.74 Å². The molecule has 0 fully saturated rings. The van der Waals surface area contributed by atoms with Gasteiger partial charge in [-0.1, -0.05) is 31.2 Å². The number of carbonyl (C=O) groups excluding carboxylic acids is 1. The van der Waals surface area contributed by atoms with E-state index in [1.54, 1.807) is 12.1 Å². The van der Waals surface area contributed by atoms with Crippen LogP contribution in [-0.2, 0) is 9.30 Å². The second-order valence-corrected chi connectivity index (χ2v) is 7.11. The van der Waals surface area contributed by atoms with Crippen molar-refractivity contribution >= 4 is 37.0 Å². The molecule has 0 saturated heterocycles. The minimum absolute atomic E-state index is 0.393. The standard InChI is InChI=1S/C20H20N2O3.H3O4P/c1-3-13-25-15-10-7-14(8-11-15)9-12-18-21-17-6-4-5-16(19(17)22-18)20(23)24-2;1-5(2,3)4/h4-12H,3,13H2,1-2H3,(H,21,22);(H3,1,2,3,4)/b12-9+;. The number of aromatic nitrogens is 2. The molecule has 0 aliphatic rings. The monoisotopic (exact) mass is 434 g/mol. The van der Waals surface area contributed by atoms with E-state index in [0.29, 0.717) is 16.9 Å². The van der Waals surface area contributed by atoms with Gasteiger partial charge in [0.2, 0.25) is 0 Å². The minimum Gasteiger partial charge on any atom is -0.494 e. The molecule has 0 saturated carbocycles. The van der Waals surface area contributed by atoms with Crippen LogP contribution in [0.5, 0.6) is 5.75 Å². The first-order valence-electron chi connectivity index (χ1n) is 8.97. The second-order valence-electron chi connectivity index (χ2n) is 6.08. The zero-order chi connectivity index (χ0) is 22.1. The number of nitrogens with one attached hydrogen (secondary N) is 1. The number of methoxy groups -OCH3 is 1. The molecule has 0 aliphatic carbocycles. The van der Waals surface area contributed by atoms with Crippen molar-refractivity contribution in [3.05, 3.63) is 59.4 Å². The largest absolute Gasteiger partial charge is 0.494 e. The van der Waals surface area contributed by atoms with Crippen LogP contribution in [0.2, 0.25) is 0 Å². The van der Waals surface area contributed by atoms with E-state index in [1.807, 2.05) is 42.5 Å². The van der Waals surface area contributed by atoms with E-state index in [4.69, 9.17) is 28.7 Å². The molecule has 30 heavy (non-hydrogen) atoms. The molecular weight excluding hydrogens is 411 g/mol. The zero-order valence-corrected chi connectivity index (χ0v) is 17.4. The van der Waals surface area contributed by atoms with Gasteiger partial charge in [-0.25, -0.2) is 14.3 Å². The molecule has 3 aromatic rings. The molecule has 0 aliphatic heterocycles. The summed E-state index contributed by atoms with van der Waals surface area (Å²) in [4.78, 5) is 41.1. The van der Waals surface area contributed by atoms with E-state index >= 15 is 0 Å². The number of fused-ring (bicyclic) bond motifs is 1. The van der Waals surface area contributed by atoms with Gasteiger partial charge in [0.25, 0.3) is 0 Å². The Bertz CT molecular complexity index is 1050. The van der Waals surface area contributed by atoms with Crippen molar-refractivity contribution < 1.29 is 33.5 Å². The summed E-state index contributed by atoms with van der Waals surface area (Å²) in [5.74, 6) is 1.15. The van der Waals surface area contributed by atoms with Gasteiger partial charge in [-0.15, -0.1) is 0 Å². The summed E-state index contributed by atoms with van der Waals surface area (Å²) in [6, 6.07) is 13.3. The van der Waals surface area contributed by atoms with Gasteiger partial charge in [0.05, 0.1) is 24.8 Å². The number of nitrogens with zero attached hydrogens (tertiary/aromatic N) is 1. The average molecular weight is 434 g/mol. The molecule has 0 spiro atoms. The molecule has 1 aromatic heterocycles. The van der Waals surface area contributed by atoms with Crippen LogP contribution in [0.4, 0.5) is 0 Å². The van der Waals surface area contributed by atoms with Crippen molar-refractivity contribution in [2.24, 2.45) is 0 Å². The number of rotatable bonds is 6. The number of ether oxygens (including phenoxy) is 2. The normalized spacial score (nSPS) is 11.2. The molecule has 4 N–H and O–H groups in total. The summed E-state index contributed by atoms with van der Waals surface area (Å²) >= 11 is 0. The Morgan fingerprint density at radius 1 is 1.13 bits per heavy atom. The summed E-state index contributed by atoms with van der Waals surface area (Å²) in [5, 5.41) is 0. The summed E-state index contributed by atoms with van der Waals surface area (Å²) in [5.41, 5.74) is 2.90. The highest BCUT2D eigenvalue weighted by Gasteiger charge is 2.12. The number of benzene rings is 2. The smallest absolute Gasteiger partial charge is 0.466 e. The molecule has 160 valence electrons. The van der Waals surface area contributed by atoms with Gasteiger partial charge in [0.15, 0.2) is 0 Å². The van der Waals surface area contributed by atoms with E-state index in [1.165, 1.54) is 7.11 Å². The maximum Gasteiger partial charge on any atom is 0.466 e. The average Bonchev–Trinajstić information content (AvgIpc) is 3.12. The van der Waals surface area contributed by atoms with Crippen molar-refractivity contribution in [1.29, 1.82) is 0 Å². The summed E-state index contributed by atoms with van der Waals surface area (Å²) in [6.07, 6.45) is 4.82. The number of carbonyl (C=O) groups is 1. The number of aromatic amines is 1. The number of para-hydroxylation sites is 1. The lowest BCUT2D eigenvalue weighted by Crippen LogP contribution is -2.01. The molecule has 9 nitrogen and oxygen atoms in total. The molecule has 0 amide bonds. The fraction of sp³-hybridized carbons (Fsp3) is 0.200. The molecule has 2 aromatic carbocycles. The van der Waals surface area contributed by atoms with Crippen LogP contribution in [0.15, 0.2) is 42.5 Å². The van der Waals surface area contributed by atoms with E-state index in [-0.39, 0.29) is 0 Å². The number of imidazole rings is 1. The predicted octanol–water partition coefficient (Wildman–Crippen LogP) is 3.38. The Labute approximate surface area is 173 Å². The van der Waals surface area contributed by atoms with Crippen molar-refractivity contribution in [2.75, 3.05) is 13.7 Å². The lowest BCUT2D eigenvalue weighted by atomic mass is 10.2. The molecule has 0 atom stereocenters. The molecular formula is C20H23N2O7P. The summed E-state index contributed by atoms with van der Waals surface area (Å²) in [7, 11) is -3.28. The molecule has 0 radical (unpaired) electrons. The molecule has 0 unspecified atom stereocenters. The number of hydrogen-bond donors (Lipinski definition) is 4. The van der Waals surface area contributed by atoms with Crippen LogP contribution in [0.25, 0.3) is 23.2 Å². The van der Waals surface area contributed by atoms with Crippen LogP contribution >= 0.6 is 7.82 Å². The van der Waals surface area contributed by atoms with Gasteiger partial charge >= 0.3 is 13.8 Å². The van der Waals surface area contributed by atoms with Gasteiger partial charge in [0, 0.05) is 0 Å². The van der Waals surface area contributed by atoms with Gasteiger partial charge in [-0.3, -0.25) is 0 Å². The van der Waals surface area contributed by atoms with Crippen molar-refractivity contribution in [3.8, 4) is 5.75 Å². The summed E-state index contributed by atoms with van der Waals surface area (Å²) in [6.45, 7) is 2.80. The maximum atomic E-state index is 11.8. The third kappa shape index (κ3) is 7.46. The van der Waals surface area contributed by atoms with Crippen molar-refractivity contribution in [3.63, 3.8) is 0 Å². The highest BCUT2D eigenvalue weighted by Crippen LogP contribution is 2.25. The summed E-state index contributed by atoms with van der Waals surface area (Å²) < 4.78 is 19.3. The quantitative estimate of drug-likeness (QED) is 0.342. The number of phosphoric acid groups is 1. The molecule has 1 heterocycles. The number of H-pyrrole nitrogens is 1. The highest BCUT2D eigenvalue weighted by molar-refractivity contribution is 7.45. The Morgan fingerprint density at radius 2 is 1.80 bits per heavy atom. The second kappa shape index (κ2) is 10.7. The third-order valence-corrected chi connectivity index (χ3v) is 3.72. The van der Waals surface area contributed by atoms with Crippen LogP contribution in [0.1, 0.15) is 35.1 Å². The lowest BCUT2D eigenvalue weighted by Gasteiger charge is -2.03. The molecule has 10 heteroatoms. The Kier molecular flexibility index (Phi) is 8.32. The SMILES string of the molecule is CCCOc1ccc(/C=C/c2nc3c(C(=O)OC)cccc3[nH]2)cc1.O=P(O)(O)O. The number of esters is 1. The topological polar surface area (TPSA) is 142 Å². The molecule has 0 bridgehead atoms. The number of hydrogen-bond acceptors (Lipinski definition) is 5.